The van der Waals surface area contributed by atoms with Gasteiger partial charge in [0.05, 0.1) is 25.0 Å². The summed E-state index contributed by atoms with van der Waals surface area (Å²) in [6.45, 7) is 7.56. The molecule has 2 aromatic carbocycles. The Balaban J connectivity index is 2.02. The summed E-state index contributed by atoms with van der Waals surface area (Å²) in [5, 5.41) is 17.1. The molecule has 0 radical (unpaired) electrons. The molecular weight excluding hydrogens is 490 g/mol. The predicted octanol–water partition coefficient (Wildman–Crippen LogP) is 3.02. The van der Waals surface area contributed by atoms with Gasteiger partial charge in [-0.05, 0) is 49.4 Å². The number of nitrogens with zero attached hydrogens (tertiary/aromatic N) is 1. The second-order valence-corrected chi connectivity index (χ2v) is 11.5. The van der Waals surface area contributed by atoms with Gasteiger partial charge in [0.15, 0.2) is 0 Å². The largest absolute Gasteiger partial charge is 0.497 e. The van der Waals surface area contributed by atoms with Gasteiger partial charge in [-0.1, -0.05) is 55.8 Å². The summed E-state index contributed by atoms with van der Waals surface area (Å²) in [5.74, 6) is 0.122. The Hall–Kier alpha value is -2.46. The molecule has 0 saturated heterocycles. The molecule has 37 heavy (non-hydrogen) atoms. The fourth-order valence-corrected chi connectivity index (χ4v) is 5.69. The summed E-state index contributed by atoms with van der Waals surface area (Å²) in [6, 6.07) is 15.0. The zero-order valence-electron chi connectivity index (χ0n) is 22.6. The van der Waals surface area contributed by atoms with E-state index in [4.69, 9.17) is 4.74 Å². The first-order valence-electron chi connectivity index (χ1n) is 13.0. The molecule has 8 nitrogen and oxygen atoms in total. The maximum atomic E-state index is 12.8. The number of benzene rings is 2. The van der Waals surface area contributed by atoms with Crippen LogP contribution < -0.4 is 15.4 Å². The van der Waals surface area contributed by atoms with Crippen LogP contribution in [0.2, 0.25) is 0 Å². The SMILES string of the molecule is CCCN(CCC)S(=O)(=O)CCC(=O)N[C@@H](Cc1ccc(C)cc1)[C@H](O)CNCc1cccc(OC)c1. The average molecular weight is 534 g/mol. The van der Waals surface area contributed by atoms with Gasteiger partial charge in [-0.3, -0.25) is 4.79 Å². The molecule has 2 aromatic rings. The van der Waals surface area contributed by atoms with Gasteiger partial charge in [0, 0.05) is 32.6 Å². The van der Waals surface area contributed by atoms with Crippen LogP contribution in [-0.4, -0.2) is 68.4 Å². The molecule has 1 amide bonds. The van der Waals surface area contributed by atoms with Crippen molar-refractivity contribution in [3.05, 3.63) is 65.2 Å². The third-order valence-electron chi connectivity index (χ3n) is 6.13. The highest BCUT2D eigenvalue weighted by Gasteiger charge is 2.25. The van der Waals surface area contributed by atoms with Crippen LogP contribution in [0.4, 0.5) is 0 Å². The summed E-state index contributed by atoms with van der Waals surface area (Å²) in [5.41, 5.74) is 3.12. The van der Waals surface area contributed by atoms with Crippen LogP contribution in [0.25, 0.3) is 0 Å². The van der Waals surface area contributed by atoms with Crippen LogP contribution in [0.3, 0.4) is 0 Å². The number of aliphatic hydroxyl groups excluding tert-OH is 1. The number of sulfonamides is 1. The summed E-state index contributed by atoms with van der Waals surface area (Å²) in [4.78, 5) is 12.8. The first-order valence-corrected chi connectivity index (χ1v) is 14.6. The van der Waals surface area contributed by atoms with E-state index in [0.29, 0.717) is 26.1 Å². The fraction of sp³-hybridized carbons (Fsp3) is 0.536. The number of hydrogen-bond donors (Lipinski definition) is 3. The molecule has 2 rings (SSSR count). The van der Waals surface area contributed by atoms with E-state index >= 15 is 0 Å². The molecule has 0 aromatic heterocycles. The zero-order valence-corrected chi connectivity index (χ0v) is 23.4. The van der Waals surface area contributed by atoms with Gasteiger partial charge in [0.25, 0.3) is 0 Å². The molecule has 206 valence electrons. The Morgan fingerprint density at radius 1 is 1.05 bits per heavy atom. The van der Waals surface area contributed by atoms with Gasteiger partial charge in [-0.2, -0.15) is 0 Å². The maximum Gasteiger partial charge on any atom is 0.221 e. The molecule has 0 bridgehead atoms. The Morgan fingerprint density at radius 2 is 1.73 bits per heavy atom. The average Bonchev–Trinajstić information content (AvgIpc) is 2.88. The predicted molar refractivity (Wildman–Crippen MR) is 148 cm³/mol. The lowest BCUT2D eigenvalue weighted by atomic mass is 10.00. The summed E-state index contributed by atoms with van der Waals surface area (Å²) in [7, 11) is -1.91. The molecule has 0 aliphatic rings. The third kappa shape index (κ3) is 10.8. The molecule has 9 heteroatoms. The highest BCUT2D eigenvalue weighted by molar-refractivity contribution is 7.89. The molecule has 0 saturated carbocycles. The van der Waals surface area contributed by atoms with Crippen LogP contribution in [0.15, 0.2) is 48.5 Å². The number of ether oxygens (including phenoxy) is 1. The lowest BCUT2D eigenvalue weighted by Gasteiger charge is -2.25. The number of rotatable bonds is 17. The number of nitrogens with one attached hydrogen (secondary N) is 2. The summed E-state index contributed by atoms with van der Waals surface area (Å²) in [6.07, 6.45) is 0.848. The second-order valence-electron chi connectivity index (χ2n) is 9.38. The smallest absolute Gasteiger partial charge is 0.221 e. The number of carbonyl (C=O) groups excluding carboxylic acids is 1. The fourth-order valence-electron chi connectivity index (χ4n) is 4.07. The lowest BCUT2D eigenvalue weighted by molar-refractivity contribution is -0.122. The van der Waals surface area contributed by atoms with Gasteiger partial charge in [0.1, 0.15) is 5.75 Å². The minimum absolute atomic E-state index is 0.152. The van der Waals surface area contributed by atoms with Gasteiger partial charge in [-0.25, -0.2) is 12.7 Å². The van der Waals surface area contributed by atoms with Crippen molar-refractivity contribution in [2.75, 3.05) is 32.5 Å². The van der Waals surface area contributed by atoms with E-state index in [0.717, 1.165) is 35.3 Å². The molecule has 0 heterocycles. The molecule has 0 spiro atoms. The van der Waals surface area contributed by atoms with Crippen LogP contribution >= 0.6 is 0 Å². The van der Waals surface area contributed by atoms with E-state index < -0.39 is 22.2 Å². The first-order chi connectivity index (χ1) is 17.7. The monoisotopic (exact) mass is 533 g/mol. The second kappa shape index (κ2) is 15.7. The normalized spacial score (nSPS) is 13.4. The molecule has 2 atom stereocenters. The Bertz CT molecular complexity index is 1050. The van der Waals surface area contributed by atoms with Crippen molar-refractivity contribution in [3.8, 4) is 5.75 Å². The van der Waals surface area contributed by atoms with E-state index in [1.54, 1.807) is 7.11 Å². The minimum atomic E-state index is -3.52. The minimum Gasteiger partial charge on any atom is -0.497 e. The van der Waals surface area contributed by atoms with Gasteiger partial charge < -0.3 is 20.5 Å². The molecule has 0 unspecified atom stereocenters. The van der Waals surface area contributed by atoms with Crippen LogP contribution in [0.1, 0.15) is 49.8 Å². The van der Waals surface area contributed by atoms with Gasteiger partial charge in [-0.15, -0.1) is 0 Å². The standard InChI is InChI=1S/C28H43N3O5S/c1-5-15-31(16-6-2)37(34,35)17-14-28(33)30-26(19-23-12-10-22(3)11-13-23)27(32)21-29-20-24-8-7-9-25(18-24)36-4/h7-13,18,26-27,29,32H,5-6,14-17,19-21H2,1-4H3,(H,30,33)/t26-,27+/m0/s1. The van der Waals surface area contributed by atoms with Crippen LogP contribution in [0, 0.1) is 6.92 Å². The molecular formula is C28H43N3O5S. The van der Waals surface area contributed by atoms with E-state index in [1.807, 2.05) is 69.3 Å². The van der Waals surface area contributed by atoms with E-state index in [-0.39, 0.29) is 24.6 Å². The highest BCUT2D eigenvalue weighted by atomic mass is 32.2. The Labute approximate surface area is 222 Å². The number of aryl methyl sites for hydroxylation is 1. The number of carbonyl (C=O) groups is 1. The van der Waals surface area contributed by atoms with E-state index in [2.05, 4.69) is 10.6 Å². The van der Waals surface area contributed by atoms with Crippen molar-refractivity contribution in [3.63, 3.8) is 0 Å². The number of hydrogen-bond acceptors (Lipinski definition) is 6. The molecule has 3 N–H and O–H groups in total. The van der Waals surface area contributed by atoms with Crippen molar-refractivity contribution in [2.24, 2.45) is 0 Å². The molecule has 0 aliphatic carbocycles. The van der Waals surface area contributed by atoms with Crippen molar-refractivity contribution in [2.45, 2.75) is 65.1 Å². The van der Waals surface area contributed by atoms with Crippen LogP contribution in [0.5, 0.6) is 5.75 Å². The van der Waals surface area contributed by atoms with Crippen molar-refractivity contribution < 1.29 is 23.1 Å². The third-order valence-corrected chi connectivity index (χ3v) is 8.00. The number of methoxy groups -OCH3 is 1. The van der Waals surface area contributed by atoms with Crippen molar-refractivity contribution in [1.29, 1.82) is 0 Å². The lowest BCUT2D eigenvalue weighted by Crippen LogP contribution is -2.49. The quantitative estimate of drug-likeness (QED) is 0.289. The summed E-state index contributed by atoms with van der Waals surface area (Å²) < 4.78 is 32.2. The van der Waals surface area contributed by atoms with Crippen molar-refractivity contribution >= 4 is 15.9 Å². The Morgan fingerprint density at radius 3 is 2.35 bits per heavy atom. The highest BCUT2D eigenvalue weighted by Crippen LogP contribution is 2.13. The van der Waals surface area contributed by atoms with Crippen molar-refractivity contribution in [1.82, 2.24) is 14.9 Å². The first kappa shape index (κ1) is 30.8. The topological polar surface area (TPSA) is 108 Å². The van der Waals surface area contributed by atoms with Gasteiger partial charge >= 0.3 is 0 Å². The summed E-state index contributed by atoms with van der Waals surface area (Å²) >= 11 is 0. The Kier molecular flexibility index (Phi) is 13.1. The van der Waals surface area contributed by atoms with Crippen LogP contribution in [-0.2, 0) is 27.8 Å². The molecule has 0 aliphatic heterocycles. The van der Waals surface area contributed by atoms with E-state index in [9.17, 15) is 18.3 Å². The number of aliphatic hydroxyl groups is 1. The zero-order chi connectivity index (χ0) is 27.3. The molecule has 0 fully saturated rings. The van der Waals surface area contributed by atoms with E-state index in [1.165, 1.54) is 4.31 Å². The maximum absolute atomic E-state index is 12.8. The number of amides is 1. The van der Waals surface area contributed by atoms with Gasteiger partial charge in [0.2, 0.25) is 15.9 Å².